The normalized spacial score (nSPS) is 9.85. The van der Waals surface area contributed by atoms with Crippen LogP contribution in [0.3, 0.4) is 0 Å². The quantitative estimate of drug-likeness (QED) is 0.476. The monoisotopic (exact) mass is 269 g/mol. The highest BCUT2D eigenvalue weighted by Crippen LogP contribution is 2.37. The second kappa shape index (κ2) is 5.36. The number of diazo groups is 1. The number of para-hydroxylation sites is 1. The van der Waals surface area contributed by atoms with Crippen molar-refractivity contribution in [3.8, 4) is 0 Å². The summed E-state index contributed by atoms with van der Waals surface area (Å²) in [7, 11) is 1.76. The van der Waals surface area contributed by atoms with Crippen LogP contribution < -0.4 is 4.90 Å². The van der Waals surface area contributed by atoms with Crippen LogP contribution in [0.5, 0.6) is 0 Å². The Kier molecular flexibility index (Phi) is 3.62. The lowest BCUT2D eigenvalue weighted by Gasteiger charge is -2.19. The van der Waals surface area contributed by atoms with E-state index >= 15 is 0 Å². The molecule has 100 valence electrons. The number of hydrogen-bond acceptors (Lipinski definition) is 4. The molecule has 2 aromatic rings. The molecule has 0 N–H and O–H groups in total. The number of aryl methyl sites for hydroxylation is 1. The second-order valence-corrected chi connectivity index (χ2v) is 4.38. The molecule has 0 saturated carbocycles. The zero-order valence-corrected chi connectivity index (χ0v) is 11.1. The molecule has 0 aromatic heterocycles. The molecule has 0 aliphatic carbocycles. The molecular formula is C14H13N4O2+. The van der Waals surface area contributed by atoms with E-state index in [4.69, 9.17) is 5.39 Å². The molecule has 2 aromatic carbocycles. The summed E-state index contributed by atoms with van der Waals surface area (Å²) < 4.78 is 0. The van der Waals surface area contributed by atoms with E-state index in [9.17, 15) is 10.1 Å². The summed E-state index contributed by atoms with van der Waals surface area (Å²) in [5.41, 5.74) is 2.04. The molecule has 6 heteroatoms. The molecule has 0 atom stereocenters. The van der Waals surface area contributed by atoms with Crippen LogP contribution in [-0.2, 0) is 0 Å². The summed E-state index contributed by atoms with van der Waals surface area (Å²) >= 11 is 0. The Morgan fingerprint density at radius 2 is 1.90 bits per heavy atom. The van der Waals surface area contributed by atoms with E-state index in [0.717, 1.165) is 5.69 Å². The maximum Gasteiger partial charge on any atom is 0.394 e. The molecule has 6 nitrogen and oxygen atoms in total. The molecule has 0 radical (unpaired) electrons. The molecule has 0 bridgehead atoms. The van der Waals surface area contributed by atoms with Gasteiger partial charge in [-0.2, -0.15) is 0 Å². The van der Waals surface area contributed by atoms with Crippen LogP contribution in [0, 0.1) is 22.4 Å². The van der Waals surface area contributed by atoms with Gasteiger partial charge >= 0.3 is 11.4 Å². The van der Waals surface area contributed by atoms with Gasteiger partial charge in [0.2, 0.25) is 5.39 Å². The lowest BCUT2D eigenvalue weighted by atomic mass is 10.1. The van der Waals surface area contributed by atoms with Crippen molar-refractivity contribution >= 4 is 22.7 Å². The van der Waals surface area contributed by atoms with Gasteiger partial charge in [-0.25, -0.2) is 0 Å². The highest BCUT2D eigenvalue weighted by molar-refractivity contribution is 5.76. The van der Waals surface area contributed by atoms with E-state index < -0.39 is 4.92 Å². The van der Waals surface area contributed by atoms with Crippen molar-refractivity contribution in [2.45, 2.75) is 6.92 Å². The Hall–Kier alpha value is -2.94. The molecule has 0 heterocycles. The minimum atomic E-state index is -0.483. The minimum Gasteiger partial charge on any atom is -0.339 e. The van der Waals surface area contributed by atoms with Gasteiger partial charge in [0.15, 0.2) is 4.98 Å². The van der Waals surface area contributed by atoms with Crippen molar-refractivity contribution in [3.05, 3.63) is 63.1 Å². The first-order valence-electron chi connectivity index (χ1n) is 5.97. The third-order valence-corrected chi connectivity index (χ3v) is 3.10. The van der Waals surface area contributed by atoms with E-state index in [1.54, 1.807) is 24.9 Å². The predicted molar refractivity (Wildman–Crippen MR) is 77.1 cm³/mol. The van der Waals surface area contributed by atoms with E-state index in [0.29, 0.717) is 11.3 Å². The van der Waals surface area contributed by atoms with E-state index in [1.807, 2.05) is 30.3 Å². The fraction of sp³-hybridized carbons (Fsp3) is 0.143. The summed E-state index contributed by atoms with van der Waals surface area (Å²) in [6.07, 6.45) is 0. The van der Waals surface area contributed by atoms with Gasteiger partial charge < -0.3 is 4.90 Å². The van der Waals surface area contributed by atoms with Crippen molar-refractivity contribution in [3.63, 3.8) is 0 Å². The number of nitro benzene ring substituents is 1. The Balaban J connectivity index is 2.59. The van der Waals surface area contributed by atoms with Gasteiger partial charge in [0, 0.05) is 18.3 Å². The van der Waals surface area contributed by atoms with Crippen molar-refractivity contribution in [2.24, 2.45) is 0 Å². The topological polar surface area (TPSA) is 74.5 Å². The fourth-order valence-corrected chi connectivity index (χ4v) is 1.98. The Morgan fingerprint density at radius 1 is 1.25 bits per heavy atom. The first kappa shape index (κ1) is 13.5. The third kappa shape index (κ3) is 2.42. The van der Waals surface area contributed by atoms with Gasteiger partial charge in [0.25, 0.3) is 0 Å². The lowest BCUT2D eigenvalue weighted by Crippen LogP contribution is -2.11. The summed E-state index contributed by atoms with van der Waals surface area (Å²) in [5.74, 6) is 0. The maximum absolute atomic E-state index is 11.2. The summed E-state index contributed by atoms with van der Waals surface area (Å²) in [4.78, 5) is 15.5. The first-order chi connectivity index (χ1) is 9.54. The number of nitrogens with zero attached hydrogens (tertiary/aromatic N) is 4. The summed E-state index contributed by atoms with van der Waals surface area (Å²) in [5, 5.41) is 20.1. The zero-order valence-electron chi connectivity index (χ0n) is 11.1. The SMILES string of the molecule is Cc1cc(N(C)c2ccccc2)c([N+](=O)[O-])cc1[N+]#N. The second-order valence-electron chi connectivity index (χ2n) is 4.38. The Morgan fingerprint density at radius 3 is 2.45 bits per heavy atom. The molecule has 0 saturated heterocycles. The van der Waals surface area contributed by atoms with Gasteiger partial charge in [-0.15, -0.1) is 0 Å². The highest BCUT2D eigenvalue weighted by atomic mass is 16.6. The lowest BCUT2D eigenvalue weighted by molar-refractivity contribution is -0.384. The van der Waals surface area contributed by atoms with Gasteiger partial charge in [-0.1, -0.05) is 18.2 Å². The van der Waals surface area contributed by atoms with E-state index in [-0.39, 0.29) is 11.4 Å². The number of rotatable bonds is 3. The largest absolute Gasteiger partial charge is 0.394 e. The molecule has 0 unspecified atom stereocenters. The third-order valence-electron chi connectivity index (χ3n) is 3.10. The Bertz CT molecular complexity index is 692. The molecular weight excluding hydrogens is 256 g/mol. The van der Waals surface area contributed by atoms with Crippen molar-refractivity contribution in [1.82, 2.24) is 0 Å². The average Bonchev–Trinajstić information content (AvgIpc) is 2.46. The predicted octanol–water partition coefficient (Wildman–Crippen LogP) is 4.16. The molecule has 0 fully saturated rings. The molecule has 0 amide bonds. The van der Waals surface area contributed by atoms with Crippen LogP contribution in [-0.4, -0.2) is 12.0 Å². The van der Waals surface area contributed by atoms with E-state index in [2.05, 4.69) is 4.98 Å². The molecule has 0 aliphatic heterocycles. The van der Waals surface area contributed by atoms with Gasteiger partial charge in [0.1, 0.15) is 11.8 Å². The maximum atomic E-state index is 11.2. The smallest absolute Gasteiger partial charge is 0.339 e. The highest BCUT2D eigenvalue weighted by Gasteiger charge is 2.25. The van der Waals surface area contributed by atoms with Crippen molar-refractivity contribution < 1.29 is 4.92 Å². The van der Waals surface area contributed by atoms with Crippen LogP contribution in [0.1, 0.15) is 5.56 Å². The van der Waals surface area contributed by atoms with Crippen LogP contribution in [0.4, 0.5) is 22.7 Å². The summed E-state index contributed by atoms with van der Waals surface area (Å²) in [6, 6.07) is 12.2. The van der Waals surface area contributed by atoms with Crippen molar-refractivity contribution in [2.75, 3.05) is 11.9 Å². The van der Waals surface area contributed by atoms with Crippen LogP contribution in [0.15, 0.2) is 42.5 Å². The zero-order chi connectivity index (χ0) is 14.7. The standard InChI is InChI=1S/C14H13N4O2/c1-10-8-13(14(18(19)20)9-12(10)16-15)17(2)11-6-4-3-5-7-11/h3-9H,1-2H3/q+1. The summed E-state index contributed by atoms with van der Waals surface area (Å²) in [6.45, 7) is 1.74. The molecule has 2 rings (SSSR count). The average molecular weight is 269 g/mol. The van der Waals surface area contributed by atoms with Crippen LogP contribution >= 0.6 is 0 Å². The van der Waals surface area contributed by atoms with Gasteiger partial charge in [-0.3, -0.25) is 10.1 Å². The number of nitro groups is 1. The number of anilines is 2. The van der Waals surface area contributed by atoms with Crippen LogP contribution in [0.2, 0.25) is 0 Å². The first-order valence-corrected chi connectivity index (χ1v) is 5.97. The molecule has 20 heavy (non-hydrogen) atoms. The molecule has 0 spiro atoms. The fourth-order valence-electron chi connectivity index (χ4n) is 1.98. The van der Waals surface area contributed by atoms with E-state index in [1.165, 1.54) is 6.07 Å². The van der Waals surface area contributed by atoms with Gasteiger partial charge in [0.05, 0.1) is 4.92 Å². The Labute approximate surface area is 116 Å². The van der Waals surface area contributed by atoms with Crippen LogP contribution in [0.25, 0.3) is 4.98 Å². The van der Waals surface area contributed by atoms with Crippen molar-refractivity contribution in [1.29, 1.82) is 5.39 Å². The van der Waals surface area contributed by atoms with Gasteiger partial charge in [-0.05, 0) is 25.1 Å². The molecule has 0 aliphatic rings. The minimum absolute atomic E-state index is 0.102. The number of benzene rings is 2. The number of hydrogen-bond donors (Lipinski definition) is 0.